The minimum atomic E-state index is -0.616. The Morgan fingerprint density at radius 1 is 1.26 bits per heavy atom. The van der Waals surface area contributed by atoms with E-state index in [2.05, 4.69) is 6.07 Å². The molecule has 1 atom stereocenters. The van der Waals surface area contributed by atoms with Gasteiger partial charge in [0, 0.05) is 4.90 Å². The molecule has 1 unspecified atom stereocenters. The van der Waals surface area contributed by atoms with Gasteiger partial charge in [-0.05, 0) is 34.7 Å². The molecular weight excluding hydrogens is 260 g/mol. The van der Waals surface area contributed by atoms with Crippen LogP contribution in [0.1, 0.15) is 11.5 Å². The number of rotatable bonds is 4. The number of hydrogen-bond donors (Lipinski definition) is 1. The molecule has 100 valence electrons. The maximum atomic E-state index is 11.6. The number of aliphatic hydroxyl groups is 1. The second-order valence-electron chi connectivity index (χ2n) is 4.23. The molecule has 0 radical (unpaired) electrons. The van der Waals surface area contributed by atoms with E-state index < -0.39 is 11.9 Å². The predicted octanol–water partition coefficient (Wildman–Crippen LogP) is 2.81. The van der Waals surface area contributed by atoms with Crippen molar-refractivity contribution < 1.29 is 14.6 Å². The van der Waals surface area contributed by atoms with Crippen molar-refractivity contribution in [2.45, 2.75) is 10.8 Å². The Bertz CT molecular complexity index is 595. The zero-order valence-electron chi connectivity index (χ0n) is 10.9. The maximum Gasteiger partial charge on any atom is 0.315 e. The van der Waals surface area contributed by atoms with Gasteiger partial charge in [-0.1, -0.05) is 24.3 Å². The fraction of sp³-hybridized carbons (Fsp3) is 0.267. The van der Waals surface area contributed by atoms with E-state index in [9.17, 15) is 9.90 Å². The summed E-state index contributed by atoms with van der Waals surface area (Å²) in [5.74, 6) is -1.03. The van der Waals surface area contributed by atoms with E-state index in [1.165, 1.54) is 12.0 Å². The molecule has 2 aromatic rings. The predicted molar refractivity (Wildman–Crippen MR) is 77.6 cm³/mol. The van der Waals surface area contributed by atoms with E-state index in [1.807, 2.05) is 36.6 Å². The SMILES string of the molecule is COC(=O)C(CO)c1ccc2cc(SC)ccc2c1. The van der Waals surface area contributed by atoms with E-state index in [4.69, 9.17) is 4.74 Å². The minimum Gasteiger partial charge on any atom is -0.468 e. The molecule has 0 aliphatic carbocycles. The highest BCUT2D eigenvalue weighted by atomic mass is 32.2. The number of esters is 1. The van der Waals surface area contributed by atoms with E-state index >= 15 is 0 Å². The standard InChI is InChI=1S/C15H16O3S/c1-18-15(17)14(9-16)12-4-3-11-8-13(19-2)6-5-10(11)7-12/h3-8,14,16H,9H2,1-2H3. The molecule has 0 aromatic heterocycles. The van der Waals surface area contributed by atoms with Gasteiger partial charge in [0.05, 0.1) is 13.7 Å². The van der Waals surface area contributed by atoms with Crippen LogP contribution >= 0.6 is 11.8 Å². The molecule has 0 spiro atoms. The van der Waals surface area contributed by atoms with Gasteiger partial charge < -0.3 is 9.84 Å². The summed E-state index contributed by atoms with van der Waals surface area (Å²) in [6.07, 6.45) is 2.04. The van der Waals surface area contributed by atoms with Crippen molar-refractivity contribution in [3.63, 3.8) is 0 Å². The summed E-state index contributed by atoms with van der Waals surface area (Å²) in [6, 6.07) is 11.9. The Morgan fingerprint density at radius 2 is 1.95 bits per heavy atom. The molecule has 0 aliphatic heterocycles. The molecule has 1 N–H and O–H groups in total. The molecule has 3 nitrogen and oxygen atoms in total. The van der Waals surface area contributed by atoms with Crippen LogP contribution in [-0.4, -0.2) is 31.0 Å². The molecule has 0 aliphatic rings. The normalized spacial score (nSPS) is 12.4. The fourth-order valence-corrected chi connectivity index (χ4v) is 2.49. The van der Waals surface area contributed by atoms with Crippen LogP contribution in [0.2, 0.25) is 0 Å². The minimum absolute atomic E-state index is 0.249. The molecule has 0 saturated carbocycles. The van der Waals surface area contributed by atoms with Gasteiger partial charge in [0.2, 0.25) is 0 Å². The van der Waals surface area contributed by atoms with Gasteiger partial charge in [-0.25, -0.2) is 0 Å². The van der Waals surface area contributed by atoms with E-state index in [0.29, 0.717) is 0 Å². The second kappa shape index (κ2) is 6.08. The molecule has 4 heteroatoms. The van der Waals surface area contributed by atoms with Gasteiger partial charge in [-0.3, -0.25) is 4.79 Å². The van der Waals surface area contributed by atoms with Crippen molar-refractivity contribution in [3.05, 3.63) is 42.0 Å². The van der Waals surface area contributed by atoms with Gasteiger partial charge in [0.25, 0.3) is 0 Å². The summed E-state index contributed by atoms with van der Waals surface area (Å²) in [5.41, 5.74) is 0.777. The Morgan fingerprint density at radius 3 is 2.58 bits per heavy atom. The first kappa shape index (κ1) is 13.9. The molecule has 0 heterocycles. The zero-order valence-corrected chi connectivity index (χ0v) is 11.7. The van der Waals surface area contributed by atoms with Crippen LogP contribution in [-0.2, 0) is 9.53 Å². The molecular formula is C15H16O3S. The van der Waals surface area contributed by atoms with Crippen molar-refractivity contribution in [3.8, 4) is 0 Å². The lowest BCUT2D eigenvalue weighted by molar-refractivity contribution is -0.143. The number of methoxy groups -OCH3 is 1. The summed E-state index contributed by atoms with van der Waals surface area (Å²) in [5, 5.41) is 11.5. The average molecular weight is 276 g/mol. The van der Waals surface area contributed by atoms with Crippen molar-refractivity contribution in [1.29, 1.82) is 0 Å². The van der Waals surface area contributed by atoms with E-state index in [1.54, 1.807) is 11.8 Å². The first-order valence-corrected chi connectivity index (χ1v) is 7.18. The topological polar surface area (TPSA) is 46.5 Å². The highest BCUT2D eigenvalue weighted by Crippen LogP contribution is 2.26. The number of aliphatic hydroxyl groups excluding tert-OH is 1. The smallest absolute Gasteiger partial charge is 0.315 e. The number of hydrogen-bond acceptors (Lipinski definition) is 4. The third-order valence-corrected chi connectivity index (χ3v) is 3.87. The third kappa shape index (κ3) is 2.91. The van der Waals surface area contributed by atoms with Crippen LogP contribution in [0.3, 0.4) is 0 Å². The van der Waals surface area contributed by atoms with Crippen LogP contribution in [0.15, 0.2) is 41.3 Å². The molecule has 0 saturated heterocycles. The number of fused-ring (bicyclic) bond motifs is 1. The first-order valence-electron chi connectivity index (χ1n) is 5.96. The Labute approximate surface area is 116 Å². The van der Waals surface area contributed by atoms with Gasteiger partial charge in [-0.2, -0.15) is 0 Å². The van der Waals surface area contributed by atoms with Crippen molar-refractivity contribution in [2.75, 3.05) is 20.0 Å². The number of carbonyl (C=O) groups excluding carboxylic acids is 1. The molecule has 19 heavy (non-hydrogen) atoms. The van der Waals surface area contributed by atoms with Gasteiger partial charge in [-0.15, -0.1) is 11.8 Å². The monoisotopic (exact) mass is 276 g/mol. The highest BCUT2D eigenvalue weighted by molar-refractivity contribution is 7.98. The maximum absolute atomic E-state index is 11.6. The molecule has 2 rings (SSSR count). The summed E-state index contributed by atoms with van der Waals surface area (Å²) in [6.45, 7) is -0.249. The number of carbonyl (C=O) groups is 1. The number of benzene rings is 2. The largest absolute Gasteiger partial charge is 0.468 e. The second-order valence-corrected chi connectivity index (χ2v) is 5.11. The van der Waals surface area contributed by atoms with Gasteiger partial charge in [0.1, 0.15) is 5.92 Å². The summed E-state index contributed by atoms with van der Waals surface area (Å²) >= 11 is 1.69. The molecule has 2 aromatic carbocycles. The fourth-order valence-electron chi connectivity index (χ4n) is 2.04. The van der Waals surface area contributed by atoms with Crippen LogP contribution in [0.25, 0.3) is 10.8 Å². The zero-order chi connectivity index (χ0) is 13.8. The van der Waals surface area contributed by atoms with Crippen LogP contribution in [0, 0.1) is 0 Å². The lowest BCUT2D eigenvalue weighted by Crippen LogP contribution is -2.17. The van der Waals surface area contributed by atoms with Crippen LogP contribution < -0.4 is 0 Å². The molecule has 0 fully saturated rings. The highest BCUT2D eigenvalue weighted by Gasteiger charge is 2.20. The summed E-state index contributed by atoms with van der Waals surface area (Å²) in [4.78, 5) is 12.8. The first-order chi connectivity index (χ1) is 9.19. The lowest BCUT2D eigenvalue weighted by atomic mass is 9.97. The quantitative estimate of drug-likeness (QED) is 0.689. The van der Waals surface area contributed by atoms with Crippen molar-refractivity contribution in [2.24, 2.45) is 0 Å². The van der Waals surface area contributed by atoms with E-state index in [0.717, 1.165) is 16.3 Å². The van der Waals surface area contributed by atoms with Crippen molar-refractivity contribution >= 4 is 28.5 Å². The van der Waals surface area contributed by atoms with E-state index in [-0.39, 0.29) is 6.61 Å². The summed E-state index contributed by atoms with van der Waals surface area (Å²) < 4.78 is 4.70. The van der Waals surface area contributed by atoms with Crippen molar-refractivity contribution in [1.82, 2.24) is 0 Å². The van der Waals surface area contributed by atoms with Gasteiger partial charge >= 0.3 is 5.97 Å². The molecule has 0 amide bonds. The molecule has 0 bridgehead atoms. The lowest BCUT2D eigenvalue weighted by Gasteiger charge is -2.13. The Balaban J connectivity index is 2.43. The van der Waals surface area contributed by atoms with Gasteiger partial charge in [0.15, 0.2) is 0 Å². The Hall–Kier alpha value is -1.52. The Kier molecular flexibility index (Phi) is 4.45. The van der Waals surface area contributed by atoms with Crippen LogP contribution in [0.4, 0.5) is 0 Å². The van der Waals surface area contributed by atoms with Crippen LogP contribution in [0.5, 0.6) is 0 Å². The summed E-state index contributed by atoms with van der Waals surface area (Å²) in [7, 11) is 1.33. The third-order valence-electron chi connectivity index (χ3n) is 3.14. The number of ether oxygens (including phenoxy) is 1. The average Bonchev–Trinajstić information content (AvgIpc) is 2.47. The number of thioether (sulfide) groups is 1.